The standard InChI is InChI=1S/C14H10F2N2/c15-12-6-5-10-8-17-18(14(10)7-12)9-11-3-1-2-4-13(11)16/h1-8H,9H2. The van der Waals surface area contributed by atoms with Gasteiger partial charge in [-0.3, -0.25) is 4.68 Å². The quantitative estimate of drug-likeness (QED) is 0.675. The molecule has 1 aromatic heterocycles. The lowest BCUT2D eigenvalue weighted by Crippen LogP contribution is -2.03. The van der Waals surface area contributed by atoms with E-state index in [1.807, 2.05) is 0 Å². The van der Waals surface area contributed by atoms with E-state index in [2.05, 4.69) is 5.10 Å². The molecule has 0 spiro atoms. The SMILES string of the molecule is Fc1ccc2cnn(Cc3ccccc3F)c2c1. The predicted molar refractivity (Wildman–Crippen MR) is 65.2 cm³/mol. The monoisotopic (exact) mass is 244 g/mol. The third kappa shape index (κ3) is 1.86. The molecule has 0 aliphatic heterocycles. The molecule has 1 heterocycles. The molecule has 4 heteroatoms. The van der Waals surface area contributed by atoms with Gasteiger partial charge in [-0.15, -0.1) is 0 Å². The van der Waals surface area contributed by atoms with Crippen molar-refractivity contribution in [3.63, 3.8) is 0 Å². The Morgan fingerprint density at radius 1 is 1.06 bits per heavy atom. The second-order valence-electron chi connectivity index (χ2n) is 4.10. The van der Waals surface area contributed by atoms with Crippen molar-refractivity contribution in [2.75, 3.05) is 0 Å². The number of benzene rings is 2. The van der Waals surface area contributed by atoms with Crippen LogP contribution >= 0.6 is 0 Å². The molecule has 0 saturated heterocycles. The van der Waals surface area contributed by atoms with Gasteiger partial charge in [0, 0.05) is 10.9 Å². The first kappa shape index (κ1) is 10.9. The van der Waals surface area contributed by atoms with Crippen molar-refractivity contribution in [2.24, 2.45) is 0 Å². The van der Waals surface area contributed by atoms with Crippen LogP contribution in [0.5, 0.6) is 0 Å². The maximum Gasteiger partial charge on any atom is 0.128 e. The fourth-order valence-corrected chi connectivity index (χ4v) is 1.96. The van der Waals surface area contributed by atoms with E-state index >= 15 is 0 Å². The van der Waals surface area contributed by atoms with Gasteiger partial charge in [-0.05, 0) is 24.3 Å². The first-order valence-electron chi connectivity index (χ1n) is 5.58. The van der Waals surface area contributed by atoms with Gasteiger partial charge in [-0.1, -0.05) is 18.2 Å². The Labute approximate surface area is 102 Å². The lowest BCUT2D eigenvalue weighted by atomic mass is 10.2. The Morgan fingerprint density at radius 2 is 1.89 bits per heavy atom. The minimum atomic E-state index is -0.321. The van der Waals surface area contributed by atoms with Crippen molar-refractivity contribution in [3.05, 3.63) is 65.9 Å². The summed E-state index contributed by atoms with van der Waals surface area (Å²) < 4.78 is 28.3. The van der Waals surface area contributed by atoms with Crippen molar-refractivity contribution in [2.45, 2.75) is 6.54 Å². The summed E-state index contributed by atoms with van der Waals surface area (Å²) in [5, 5.41) is 5.00. The van der Waals surface area contributed by atoms with Gasteiger partial charge in [0.15, 0.2) is 0 Å². The van der Waals surface area contributed by atoms with Crippen LogP contribution < -0.4 is 0 Å². The summed E-state index contributed by atoms with van der Waals surface area (Å²) in [7, 11) is 0. The Kier molecular flexibility index (Phi) is 2.55. The van der Waals surface area contributed by atoms with E-state index < -0.39 is 0 Å². The van der Waals surface area contributed by atoms with Gasteiger partial charge in [0.1, 0.15) is 11.6 Å². The fraction of sp³-hybridized carbons (Fsp3) is 0.0714. The highest BCUT2D eigenvalue weighted by Gasteiger charge is 2.07. The van der Waals surface area contributed by atoms with E-state index in [0.717, 1.165) is 5.39 Å². The van der Waals surface area contributed by atoms with E-state index in [4.69, 9.17) is 0 Å². The highest BCUT2D eigenvalue weighted by Crippen LogP contribution is 2.17. The zero-order valence-corrected chi connectivity index (χ0v) is 9.48. The average Bonchev–Trinajstić information content (AvgIpc) is 2.75. The highest BCUT2D eigenvalue weighted by atomic mass is 19.1. The van der Waals surface area contributed by atoms with Gasteiger partial charge in [0.2, 0.25) is 0 Å². The molecule has 0 unspecified atom stereocenters. The van der Waals surface area contributed by atoms with Gasteiger partial charge < -0.3 is 0 Å². The summed E-state index contributed by atoms with van der Waals surface area (Å²) in [5.41, 5.74) is 1.20. The van der Waals surface area contributed by atoms with E-state index in [9.17, 15) is 8.78 Å². The zero-order chi connectivity index (χ0) is 12.5. The number of hydrogen-bond donors (Lipinski definition) is 0. The smallest absolute Gasteiger partial charge is 0.128 e. The Balaban J connectivity index is 2.05. The zero-order valence-electron chi connectivity index (χ0n) is 9.48. The fourth-order valence-electron chi connectivity index (χ4n) is 1.96. The molecule has 0 saturated carbocycles. The molecule has 2 nitrogen and oxygen atoms in total. The maximum absolute atomic E-state index is 13.5. The van der Waals surface area contributed by atoms with E-state index in [1.54, 1.807) is 35.1 Å². The number of hydrogen-bond acceptors (Lipinski definition) is 1. The molecule has 0 aliphatic rings. The number of rotatable bonds is 2. The van der Waals surface area contributed by atoms with E-state index in [1.165, 1.54) is 18.2 Å². The molecular weight excluding hydrogens is 234 g/mol. The first-order valence-corrected chi connectivity index (χ1v) is 5.58. The highest BCUT2D eigenvalue weighted by molar-refractivity contribution is 5.78. The molecule has 18 heavy (non-hydrogen) atoms. The lowest BCUT2D eigenvalue weighted by molar-refractivity contribution is 0.589. The lowest BCUT2D eigenvalue weighted by Gasteiger charge is -2.05. The summed E-state index contributed by atoms with van der Waals surface area (Å²) in [5.74, 6) is -0.602. The summed E-state index contributed by atoms with van der Waals surface area (Å²) in [6.45, 7) is 0.291. The molecule has 0 atom stereocenters. The number of nitrogens with zero attached hydrogens (tertiary/aromatic N) is 2. The third-order valence-electron chi connectivity index (χ3n) is 2.88. The number of halogens is 2. The van der Waals surface area contributed by atoms with Gasteiger partial charge in [-0.2, -0.15) is 5.10 Å². The summed E-state index contributed by atoms with van der Waals surface area (Å²) >= 11 is 0. The molecule has 90 valence electrons. The van der Waals surface area contributed by atoms with Crippen molar-refractivity contribution in [1.29, 1.82) is 0 Å². The third-order valence-corrected chi connectivity index (χ3v) is 2.88. The summed E-state index contributed by atoms with van der Waals surface area (Å²) in [4.78, 5) is 0. The van der Waals surface area contributed by atoms with Crippen LogP contribution in [0.2, 0.25) is 0 Å². The average molecular weight is 244 g/mol. The van der Waals surface area contributed by atoms with Crippen LogP contribution in [0.3, 0.4) is 0 Å². The molecule has 0 radical (unpaired) electrons. The number of fused-ring (bicyclic) bond motifs is 1. The van der Waals surface area contributed by atoms with Gasteiger partial charge in [0.25, 0.3) is 0 Å². The minimum Gasteiger partial charge on any atom is -0.260 e. The van der Waals surface area contributed by atoms with Crippen LogP contribution in [0.4, 0.5) is 8.78 Å². The Hall–Kier alpha value is -2.23. The molecule has 3 aromatic rings. The Bertz CT molecular complexity index is 704. The van der Waals surface area contributed by atoms with Gasteiger partial charge in [0.05, 0.1) is 18.3 Å². The molecule has 0 amide bonds. The largest absolute Gasteiger partial charge is 0.260 e. The van der Waals surface area contributed by atoms with Crippen LogP contribution in [0.15, 0.2) is 48.7 Å². The van der Waals surface area contributed by atoms with Crippen LogP contribution in [0.1, 0.15) is 5.56 Å². The molecule has 0 N–H and O–H groups in total. The van der Waals surface area contributed by atoms with Crippen molar-refractivity contribution < 1.29 is 8.78 Å². The van der Waals surface area contributed by atoms with Crippen molar-refractivity contribution in [1.82, 2.24) is 9.78 Å². The van der Waals surface area contributed by atoms with Crippen LogP contribution in [-0.2, 0) is 6.54 Å². The van der Waals surface area contributed by atoms with Gasteiger partial charge in [-0.25, -0.2) is 8.78 Å². The topological polar surface area (TPSA) is 17.8 Å². The summed E-state index contributed by atoms with van der Waals surface area (Å²) in [6.07, 6.45) is 1.65. The molecule has 0 fully saturated rings. The minimum absolute atomic E-state index is 0.280. The van der Waals surface area contributed by atoms with Crippen molar-refractivity contribution in [3.8, 4) is 0 Å². The van der Waals surface area contributed by atoms with Crippen LogP contribution in [0.25, 0.3) is 10.9 Å². The van der Waals surface area contributed by atoms with E-state index in [-0.39, 0.29) is 11.6 Å². The number of aromatic nitrogens is 2. The van der Waals surface area contributed by atoms with Crippen LogP contribution in [-0.4, -0.2) is 9.78 Å². The maximum atomic E-state index is 13.5. The van der Waals surface area contributed by atoms with E-state index in [0.29, 0.717) is 17.6 Å². The summed E-state index contributed by atoms with van der Waals surface area (Å²) in [6, 6.07) is 11.0. The van der Waals surface area contributed by atoms with Gasteiger partial charge >= 0.3 is 0 Å². The normalized spacial score (nSPS) is 11.0. The first-order chi connectivity index (χ1) is 8.74. The van der Waals surface area contributed by atoms with Crippen molar-refractivity contribution >= 4 is 10.9 Å². The predicted octanol–water partition coefficient (Wildman–Crippen LogP) is 3.36. The molecule has 0 aliphatic carbocycles. The van der Waals surface area contributed by atoms with Crippen LogP contribution in [0, 0.1) is 11.6 Å². The molecular formula is C14H10F2N2. The molecule has 2 aromatic carbocycles. The second kappa shape index (κ2) is 4.22. The molecule has 3 rings (SSSR count). The Morgan fingerprint density at radius 3 is 2.72 bits per heavy atom. The molecule has 0 bridgehead atoms. The second-order valence-corrected chi connectivity index (χ2v) is 4.10.